The first-order valence-corrected chi connectivity index (χ1v) is 10.4. The fourth-order valence-corrected chi connectivity index (χ4v) is 4.06. The van der Waals surface area contributed by atoms with Crippen LogP contribution >= 0.6 is 23.2 Å². The molecule has 34 heavy (non-hydrogen) atoms. The summed E-state index contributed by atoms with van der Waals surface area (Å²) in [5.41, 5.74) is -3.68. The van der Waals surface area contributed by atoms with Gasteiger partial charge in [-0.15, -0.1) is 0 Å². The van der Waals surface area contributed by atoms with E-state index >= 15 is 0 Å². The molecule has 0 aliphatic heterocycles. The molecule has 5 nitrogen and oxygen atoms in total. The van der Waals surface area contributed by atoms with Crippen LogP contribution in [0.3, 0.4) is 0 Å². The molecule has 0 radical (unpaired) electrons. The number of ether oxygens (including phenoxy) is 1. The summed E-state index contributed by atoms with van der Waals surface area (Å²) in [5, 5.41) is 28.7. The Balaban J connectivity index is 1.95. The summed E-state index contributed by atoms with van der Waals surface area (Å²) in [6, 6.07) is 14.2. The molecule has 3 rings (SSSR count). The van der Waals surface area contributed by atoms with Gasteiger partial charge in [-0.05, 0) is 47.5 Å². The minimum Gasteiger partial charge on any atom is -0.478 e. The van der Waals surface area contributed by atoms with Crippen LogP contribution in [0.2, 0.25) is 10.0 Å². The van der Waals surface area contributed by atoms with E-state index in [0.29, 0.717) is 0 Å². The van der Waals surface area contributed by atoms with E-state index in [9.17, 15) is 23.1 Å². The molecule has 0 saturated heterocycles. The normalized spacial score (nSPS) is 14.1. The van der Waals surface area contributed by atoms with Gasteiger partial charge in [0.05, 0.1) is 22.2 Å². The predicted molar refractivity (Wildman–Crippen MR) is 119 cm³/mol. The van der Waals surface area contributed by atoms with Crippen LogP contribution in [-0.2, 0) is 5.60 Å². The average molecular weight is 510 g/mol. The molecule has 0 spiro atoms. The van der Waals surface area contributed by atoms with Gasteiger partial charge in [-0.1, -0.05) is 48.3 Å². The van der Waals surface area contributed by atoms with Crippen molar-refractivity contribution in [1.29, 1.82) is 5.26 Å². The Kier molecular flexibility index (Phi) is 7.13. The third-order valence-corrected chi connectivity index (χ3v) is 6.00. The van der Waals surface area contributed by atoms with E-state index in [-0.39, 0.29) is 38.2 Å². The third-order valence-electron chi connectivity index (χ3n) is 5.36. The first-order valence-electron chi connectivity index (χ1n) is 9.68. The maximum absolute atomic E-state index is 14.1. The lowest BCUT2D eigenvalue weighted by Crippen LogP contribution is -2.46. The van der Waals surface area contributed by atoms with Crippen molar-refractivity contribution in [1.82, 2.24) is 0 Å². The number of nitrogens with zero attached hydrogens (tertiary/aromatic N) is 1. The maximum atomic E-state index is 14.1. The van der Waals surface area contributed by atoms with Gasteiger partial charge in [0.1, 0.15) is 11.5 Å². The smallest absolute Gasteiger partial charge is 0.422 e. The SMILES string of the molecule is C[C@H](c1ccc(Oc2ccc(C(=O)O)c(Cl)c2)cc1Cl)[C@@](O)(c1ccc(C#N)cc1)C(F)(F)F. The number of aliphatic hydroxyl groups is 1. The van der Waals surface area contributed by atoms with Crippen molar-refractivity contribution in [2.24, 2.45) is 0 Å². The van der Waals surface area contributed by atoms with Crippen molar-refractivity contribution >= 4 is 29.2 Å². The van der Waals surface area contributed by atoms with E-state index < -0.39 is 29.2 Å². The first kappa shape index (κ1) is 25.4. The van der Waals surface area contributed by atoms with Gasteiger partial charge in [-0.2, -0.15) is 18.4 Å². The number of halogens is 5. The summed E-state index contributed by atoms with van der Waals surface area (Å²) >= 11 is 12.2. The Morgan fingerprint density at radius 3 is 2.03 bits per heavy atom. The van der Waals surface area contributed by atoms with Crippen molar-refractivity contribution < 1.29 is 32.9 Å². The van der Waals surface area contributed by atoms with E-state index in [1.54, 1.807) is 0 Å². The van der Waals surface area contributed by atoms with Gasteiger partial charge in [0.25, 0.3) is 0 Å². The summed E-state index contributed by atoms with van der Waals surface area (Å²) in [5.74, 6) is -2.38. The number of nitriles is 1. The van der Waals surface area contributed by atoms with Crippen LogP contribution in [0, 0.1) is 11.3 Å². The van der Waals surface area contributed by atoms with Crippen molar-refractivity contribution in [3.63, 3.8) is 0 Å². The van der Waals surface area contributed by atoms with Crippen LogP contribution in [0.4, 0.5) is 13.2 Å². The molecule has 0 saturated carbocycles. The second kappa shape index (κ2) is 9.55. The summed E-state index contributed by atoms with van der Waals surface area (Å²) < 4.78 is 47.9. The van der Waals surface area contributed by atoms with Crippen LogP contribution in [0.25, 0.3) is 0 Å². The topological polar surface area (TPSA) is 90.6 Å². The van der Waals surface area contributed by atoms with Crippen molar-refractivity contribution in [2.45, 2.75) is 24.6 Å². The Labute approximate surface area is 202 Å². The highest BCUT2D eigenvalue weighted by Crippen LogP contribution is 2.50. The molecule has 176 valence electrons. The number of benzene rings is 3. The molecule has 0 aromatic heterocycles. The molecule has 0 amide bonds. The quantitative estimate of drug-likeness (QED) is 0.376. The van der Waals surface area contributed by atoms with Crippen LogP contribution in [0.5, 0.6) is 11.5 Å². The van der Waals surface area contributed by atoms with Crippen molar-refractivity contribution in [3.05, 3.63) is 93.0 Å². The molecule has 10 heteroatoms. The number of aromatic carboxylic acids is 1. The summed E-state index contributed by atoms with van der Waals surface area (Å²) in [6.07, 6.45) is -5.05. The Morgan fingerprint density at radius 1 is 1.00 bits per heavy atom. The number of carboxylic acids is 1. The second-order valence-corrected chi connectivity index (χ2v) is 8.22. The maximum Gasteiger partial charge on any atom is 0.422 e. The van der Waals surface area contributed by atoms with Gasteiger partial charge < -0.3 is 14.9 Å². The molecular weight excluding hydrogens is 494 g/mol. The molecule has 2 atom stereocenters. The molecule has 0 heterocycles. The van der Waals surface area contributed by atoms with Gasteiger partial charge in [0, 0.05) is 17.0 Å². The van der Waals surface area contributed by atoms with Gasteiger partial charge in [0.15, 0.2) is 5.60 Å². The van der Waals surface area contributed by atoms with Crippen LogP contribution in [0.15, 0.2) is 60.7 Å². The highest BCUT2D eigenvalue weighted by Gasteiger charge is 2.58. The zero-order valence-corrected chi connectivity index (χ0v) is 18.9. The molecule has 0 aliphatic rings. The zero-order valence-electron chi connectivity index (χ0n) is 17.4. The standard InChI is InChI=1S/C24H16Cl2F3NO4/c1-13(23(33,24(27,28)29)15-4-2-14(12-30)3-5-15)18-8-6-16(10-20(18)25)34-17-7-9-19(22(31)32)21(26)11-17/h2-11,13,33H,1H3,(H,31,32)/t13-,23-/m1/s1. The monoisotopic (exact) mass is 509 g/mol. The molecular formula is C24H16Cl2F3NO4. The van der Waals surface area contributed by atoms with Gasteiger partial charge in [-0.3, -0.25) is 0 Å². The zero-order chi connectivity index (χ0) is 25.3. The van der Waals surface area contributed by atoms with Crippen LogP contribution < -0.4 is 4.74 Å². The fraction of sp³-hybridized carbons (Fsp3) is 0.167. The number of hydrogen-bond donors (Lipinski definition) is 2. The van der Waals surface area contributed by atoms with Crippen LogP contribution in [-0.4, -0.2) is 22.4 Å². The number of hydrogen-bond acceptors (Lipinski definition) is 4. The first-order chi connectivity index (χ1) is 15.9. The largest absolute Gasteiger partial charge is 0.478 e. The average Bonchev–Trinajstić information content (AvgIpc) is 2.77. The highest BCUT2D eigenvalue weighted by molar-refractivity contribution is 6.33. The van der Waals surface area contributed by atoms with E-state index in [0.717, 1.165) is 12.1 Å². The van der Waals surface area contributed by atoms with E-state index in [2.05, 4.69) is 0 Å². The van der Waals surface area contributed by atoms with Crippen molar-refractivity contribution in [2.75, 3.05) is 0 Å². The minimum atomic E-state index is -5.05. The molecule has 0 bridgehead atoms. The molecule has 0 unspecified atom stereocenters. The highest BCUT2D eigenvalue weighted by atomic mass is 35.5. The summed E-state index contributed by atoms with van der Waals surface area (Å²) in [6.45, 7) is 1.19. The second-order valence-electron chi connectivity index (χ2n) is 7.41. The predicted octanol–water partition coefficient (Wildman–Crippen LogP) is 6.91. The van der Waals surface area contributed by atoms with Crippen molar-refractivity contribution in [3.8, 4) is 17.6 Å². The summed E-state index contributed by atoms with van der Waals surface area (Å²) in [4.78, 5) is 11.1. The van der Waals surface area contributed by atoms with Gasteiger partial charge in [-0.25, -0.2) is 4.79 Å². The van der Waals surface area contributed by atoms with Gasteiger partial charge in [0.2, 0.25) is 0 Å². The number of carbonyl (C=O) groups is 1. The lowest BCUT2D eigenvalue weighted by Gasteiger charge is -2.37. The molecule has 0 fully saturated rings. The number of carboxylic acid groups (broad SMARTS) is 1. The lowest BCUT2D eigenvalue weighted by molar-refractivity contribution is -0.274. The number of rotatable bonds is 6. The Morgan fingerprint density at radius 2 is 1.56 bits per heavy atom. The van der Waals surface area contributed by atoms with E-state index in [4.69, 9.17) is 38.3 Å². The van der Waals surface area contributed by atoms with Gasteiger partial charge >= 0.3 is 12.1 Å². The van der Waals surface area contributed by atoms with E-state index in [1.807, 2.05) is 6.07 Å². The molecule has 3 aromatic rings. The lowest BCUT2D eigenvalue weighted by atomic mass is 9.77. The number of alkyl halides is 3. The van der Waals surface area contributed by atoms with E-state index in [1.165, 1.54) is 55.5 Å². The summed E-state index contributed by atoms with van der Waals surface area (Å²) in [7, 11) is 0. The Bertz CT molecular complexity index is 1270. The molecule has 0 aliphatic carbocycles. The fourth-order valence-electron chi connectivity index (χ4n) is 3.47. The molecule has 2 N–H and O–H groups in total. The Hall–Kier alpha value is -3.25. The minimum absolute atomic E-state index is 0.0115. The molecule has 3 aromatic carbocycles. The van der Waals surface area contributed by atoms with Crippen LogP contribution in [0.1, 0.15) is 39.9 Å². The third kappa shape index (κ3) is 4.82.